The van der Waals surface area contributed by atoms with Crippen molar-refractivity contribution in [3.8, 4) is 11.5 Å². The summed E-state index contributed by atoms with van der Waals surface area (Å²) < 4.78 is 24.0. The number of nitrogens with zero attached hydrogens (tertiary/aromatic N) is 1. The zero-order valence-corrected chi connectivity index (χ0v) is 14.6. The van der Waals surface area contributed by atoms with Crippen LogP contribution in [0.5, 0.6) is 11.5 Å². The number of ether oxygens (including phenoxy) is 2. The lowest BCUT2D eigenvalue weighted by Gasteiger charge is -2.10. The summed E-state index contributed by atoms with van der Waals surface area (Å²) in [6.45, 7) is 2.21. The average molecular weight is 354 g/mol. The fraction of sp³-hybridized carbons (Fsp3) is 0.200. The van der Waals surface area contributed by atoms with Crippen LogP contribution in [0.15, 0.2) is 48.5 Å². The van der Waals surface area contributed by atoms with Gasteiger partial charge < -0.3 is 14.8 Å². The molecule has 0 spiro atoms. The Morgan fingerprint density at radius 3 is 2.77 bits per heavy atom. The molecule has 3 aromatic rings. The second-order valence-electron chi connectivity index (χ2n) is 5.71. The number of nitrogens with one attached hydrogen (secondary N) is 1. The van der Waals surface area contributed by atoms with Crippen LogP contribution in [0.4, 0.5) is 4.39 Å². The first-order chi connectivity index (χ1) is 12.6. The Bertz CT molecular complexity index is 943. The van der Waals surface area contributed by atoms with E-state index in [1.807, 2.05) is 18.2 Å². The number of hydrogen-bond acceptors (Lipinski definition) is 4. The lowest BCUT2D eigenvalue weighted by atomic mass is 10.1. The standard InChI is InChI=1S/C20H19FN2O3/c1-13-16(11-14-7-8-15(25-2)12-18(14)23-13)20(24)22-9-10-26-19-6-4-3-5-17(19)21/h3-8,11-12H,9-10H2,1-2H3,(H,22,24). The van der Waals surface area contributed by atoms with Gasteiger partial charge in [-0.2, -0.15) is 0 Å². The second-order valence-corrected chi connectivity index (χ2v) is 5.71. The maximum atomic E-state index is 13.5. The van der Waals surface area contributed by atoms with E-state index in [-0.39, 0.29) is 24.8 Å². The van der Waals surface area contributed by atoms with Gasteiger partial charge in [0.2, 0.25) is 0 Å². The highest BCUT2D eigenvalue weighted by Crippen LogP contribution is 2.21. The van der Waals surface area contributed by atoms with Crippen LogP contribution in [-0.2, 0) is 0 Å². The summed E-state index contributed by atoms with van der Waals surface area (Å²) in [5.74, 6) is 0.208. The van der Waals surface area contributed by atoms with Crippen molar-refractivity contribution in [2.75, 3.05) is 20.3 Å². The van der Waals surface area contributed by atoms with Gasteiger partial charge in [-0.3, -0.25) is 9.78 Å². The number of hydrogen-bond donors (Lipinski definition) is 1. The SMILES string of the molecule is COc1ccc2cc(C(=O)NCCOc3ccccc3F)c(C)nc2c1. The lowest BCUT2D eigenvalue weighted by Crippen LogP contribution is -2.29. The summed E-state index contributed by atoms with van der Waals surface area (Å²) in [5.41, 5.74) is 1.88. The number of carbonyl (C=O) groups is 1. The Balaban J connectivity index is 1.64. The molecule has 26 heavy (non-hydrogen) atoms. The van der Waals surface area contributed by atoms with Gasteiger partial charge in [0.25, 0.3) is 5.91 Å². The predicted molar refractivity (Wildman–Crippen MR) is 97.3 cm³/mol. The molecule has 0 saturated heterocycles. The Labute approximate surface area is 150 Å². The predicted octanol–water partition coefficient (Wildman–Crippen LogP) is 3.50. The molecule has 0 aliphatic carbocycles. The fourth-order valence-electron chi connectivity index (χ4n) is 2.58. The molecule has 0 bridgehead atoms. The topological polar surface area (TPSA) is 60.5 Å². The van der Waals surface area contributed by atoms with Crippen LogP contribution >= 0.6 is 0 Å². The molecule has 0 aliphatic heterocycles. The van der Waals surface area contributed by atoms with Gasteiger partial charge in [-0.25, -0.2) is 4.39 Å². The number of fused-ring (bicyclic) bond motifs is 1. The van der Waals surface area contributed by atoms with Crippen LogP contribution < -0.4 is 14.8 Å². The number of pyridine rings is 1. The van der Waals surface area contributed by atoms with Gasteiger partial charge >= 0.3 is 0 Å². The van der Waals surface area contributed by atoms with Crippen molar-refractivity contribution in [2.24, 2.45) is 0 Å². The molecule has 1 N–H and O–H groups in total. The Morgan fingerprint density at radius 1 is 1.19 bits per heavy atom. The molecule has 0 saturated carbocycles. The molecule has 134 valence electrons. The molecule has 1 heterocycles. The van der Waals surface area contributed by atoms with Crippen LogP contribution in [0, 0.1) is 12.7 Å². The highest BCUT2D eigenvalue weighted by atomic mass is 19.1. The van der Waals surface area contributed by atoms with Crippen molar-refractivity contribution in [1.29, 1.82) is 0 Å². The van der Waals surface area contributed by atoms with Gasteiger partial charge in [-0.1, -0.05) is 12.1 Å². The minimum absolute atomic E-state index is 0.166. The first-order valence-corrected chi connectivity index (χ1v) is 8.19. The quantitative estimate of drug-likeness (QED) is 0.688. The first-order valence-electron chi connectivity index (χ1n) is 8.19. The van der Waals surface area contributed by atoms with Crippen LogP contribution in [0.3, 0.4) is 0 Å². The molecule has 0 aliphatic rings. The van der Waals surface area contributed by atoms with Gasteiger partial charge in [-0.05, 0) is 37.3 Å². The van der Waals surface area contributed by atoms with Gasteiger partial charge in [0, 0.05) is 11.5 Å². The van der Waals surface area contributed by atoms with E-state index in [9.17, 15) is 9.18 Å². The first kappa shape index (κ1) is 17.7. The Hall–Kier alpha value is -3.15. The van der Waals surface area contributed by atoms with E-state index in [4.69, 9.17) is 9.47 Å². The average Bonchev–Trinajstić information content (AvgIpc) is 2.65. The Morgan fingerprint density at radius 2 is 2.00 bits per heavy atom. The van der Waals surface area contributed by atoms with Gasteiger partial charge in [0.1, 0.15) is 12.4 Å². The highest BCUT2D eigenvalue weighted by molar-refractivity contribution is 5.98. The number of para-hydroxylation sites is 1. The van der Waals surface area contributed by atoms with Gasteiger partial charge in [0.05, 0.1) is 30.4 Å². The summed E-state index contributed by atoms with van der Waals surface area (Å²) >= 11 is 0. The summed E-state index contributed by atoms with van der Waals surface area (Å²) in [7, 11) is 1.60. The van der Waals surface area contributed by atoms with Crippen molar-refractivity contribution in [1.82, 2.24) is 10.3 Å². The molecule has 3 rings (SSSR count). The minimum Gasteiger partial charge on any atom is -0.497 e. The molecule has 0 unspecified atom stereocenters. The number of halogens is 1. The molecule has 6 heteroatoms. The molecular formula is C20H19FN2O3. The van der Waals surface area contributed by atoms with E-state index in [2.05, 4.69) is 10.3 Å². The van der Waals surface area contributed by atoms with E-state index < -0.39 is 5.82 Å². The number of amides is 1. The van der Waals surface area contributed by atoms with Crippen LogP contribution in [0.2, 0.25) is 0 Å². The van der Waals surface area contributed by atoms with Crippen LogP contribution in [0.25, 0.3) is 10.9 Å². The van der Waals surface area contributed by atoms with Crippen molar-refractivity contribution in [3.63, 3.8) is 0 Å². The maximum Gasteiger partial charge on any atom is 0.253 e. The Kier molecular flexibility index (Phi) is 5.31. The maximum absolute atomic E-state index is 13.5. The van der Waals surface area contributed by atoms with E-state index in [0.717, 1.165) is 10.9 Å². The largest absolute Gasteiger partial charge is 0.497 e. The number of rotatable bonds is 6. The molecule has 0 atom stereocenters. The molecule has 1 amide bonds. The van der Waals surface area contributed by atoms with Gasteiger partial charge in [0.15, 0.2) is 11.6 Å². The van der Waals surface area contributed by atoms with E-state index in [1.165, 1.54) is 6.07 Å². The zero-order valence-electron chi connectivity index (χ0n) is 14.6. The zero-order chi connectivity index (χ0) is 18.5. The summed E-state index contributed by atoms with van der Waals surface area (Å²) in [4.78, 5) is 16.9. The third kappa shape index (κ3) is 3.91. The van der Waals surface area contributed by atoms with E-state index in [0.29, 0.717) is 17.0 Å². The van der Waals surface area contributed by atoms with E-state index in [1.54, 1.807) is 38.3 Å². The normalized spacial score (nSPS) is 10.6. The van der Waals surface area contributed by atoms with Crippen molar-refractivity contribution < 1.29 is 18.7 Å². The molecule has 0 radical (unpaired) electrons. The smallest absolute Gasteiger partial charge is 0.253 e. The van der Waals surface area contributed by atoms with Gasteiger partial charge in [-0.15, -0.1) is 0 Å². The highest BCUT2D eigenvalue weighted by Gasteiger charge is 2.12. The molecule has 1 aromatic heterocycles. The second kappa shape index (κ2) is 7.82. The minimum atomic E-state index is -0.427. The number of methoxy groups -OCH3 is 1. The fourth-order valence-corrected chi connectivity index (χ4v) is 2.58. The molecular weight excluding hydrogens is 335 g/mol. The molecule has 2 aromatic carbocycles. The van der Waals surface area contributed by atoms with E-state index >= 15 is 0 Å². The molecule has 5 nitrogen and oxygen atoms in total. The molecule has 0 fully saturated rings. The van der Waals surface area contributed by atoms with Crippen molar-refractivity contribution in [3.05, 3.63) is 65.6 Å². The van der Waals surface area contributed by atoms with Crippen LogP contribution in [-0.4, -0.2) is 31.2 Å². The lowest BCUT2D eigenvalue weighted by molar-refractivity contribution is 0.0946. The monoisotopic (exact) mass is 354 g/mol. The number of benzene rings is 2. The van der Waals surface area contributed by atoms with Crippen LogP contribution in [0.1, 0.15) is 16.1 Å². The van der Waals surface area contributed by atoms with Crippen molar-refractivity contribution >= 4 is 16.8 Å². The summed E-state index contributed by atoms with van der Waals surface area (Å²) in [6, 6.07) is 13.5. The third-order valence-corrected chi connectivity index (χ3v) is 3.94. The summed E-state index contributed by atoms with van der Waals surface area (Å²) in [6.07, 6.45) is 0. The third-order valence-electron chi connectivity index (χ3n) is 3.94. The summed E-state index contributed by atoms with van der Waals surface area (Å²) in [5, 5.41) is 3.62. The number of carbonyl (C=O) groups excluding carboxylic acids is 1. The number of aryl methyl sites for hydroxylation is 1. The van der Waals surface area contributed by atoms with Crippen molar-refractivity contribution in [2.45, 2.75) is 6.92 Å². The number of aromatic nitrogens is 1.